The second kappa shape index (κ2) is 9.88. The summed E-state index contributed by atoms with van der Waals surface area (Å²) in [6.07, 6.45) is 0.773. The molecule has 8 heteroatoms. The lowest BCUT2D eigenvalue weighted by Gasteiger charge is -2.09. The number of ketones is 1. The fourth-order valence-corrected chi connectivity index (χ4v) is 3.43. The first kappa shape index (κ1) is 22.0. The molecule has 1 N–H and O–H groups in total. The highest BCUT2D eigenvalue weighted by molar-refractivity contribution is 6.04. The maximum atomic E-state index is 12.7. The molecule has 3 rings (SSSR count). The monoisotopic (exact) mass is 423 g/mol. The number of Topliss-reactive ketones (excluding diaryl/α,β-unsaturated/α-hetero) is 1. The molecule has 0 saturated heterocycles. The van der Waals surface area contributed by atoms with Crippen molar-refractivity contribution in [1.29, 1.82) is 0 Å². The van der Waals surface area contributed by atoms with E-state index in [-0.39, 0.29) is 24.4 Å². The van der Waals surface area contributed by atoms with Crippen molar-refractivity contribution in [2.24, 2.45) is 0 Å². The third-order valence-electron chi connectivity index (χ3n) is 4.86. The van der Waals surface area contributed by atoms with Gasteiger partial charge in [-0.1, -0.05) is 31.2 Å². The maximum absolute atomic E-state index is 12.7. The number of ether oxygens (including phenoxy) is 1. The number of nitrogens with one attached hydrogen (secondary N) is 1. The second-order valence-corrected chi connectivity index (χ2v) is 7.14. The van der Waals surface area contributed by atoms with Crippen LogP contribution in [0, 0.1) is 0 Å². The summed E-state index contributed by atoms with van der Waals surface area (Å²) in [7, 11) is 0. The zero-order chi connectivity index (χ0) is 22.4. The summed E-state index contributed by atoms with van der Waals surface area (Å²) >= 11 is 0. The van der Waals surface area contributed by atoms with Gasteiger partial charge in [0, 0.05) is 18.7 Å². The van der Waals surface area contributed by atoms with Gasteiger partial charge in [0.05, 0.1) is 23.1 Å². The van der Waals surface area contributed by atoms with Gasteiger partial charge in [-0.2, -0.15) is 0 Å². The van der Waals surface area contributed by atoms with Gasteiger partial charge >= 0.3 is 11.7 Å². The zero-order valence-corrected chi connectivity index (χ0v) is 17.6. The topological polar surface area (TPSA) is 99.4 Å². The molecule has 0 atom stereocenters. The molecule has 0 saturated carbocycles. The molecule has 31 heavy (non-hydrogen) atoms. The average Bonchev–Trinajstić information content (AvgIpc) is 3.02. The van der Waals surface area contributed by atoms with E-state index in [1.807, 2.05) is 31.2 Å². The van der Waals surface area contributed by atoms with Crippen LogP contribution in [0.2, 0.25) is 0 Å². The van der Waals surface area contributed by atoms with E-state index in [9.17, 15) is 19.2 Å². The Morgan fingerprint density at radius 3 is 2.19 bits per heavy atom. The number of nitrogens with zero attached hydrogens (tertiary/aromatic N) is 2. The van der Waals surface area contributed by atoms with E-state index in [1.54, 1.807) is 33.4 Å². The van der Waals surface area contributed by atoms with Crippen molar-refractivity contribution >= 4 is 34.4 Å². The fourth-order valence-electron chi connectivity index (χ4n) is 3.43. The number of aryl methyl sites for hydroxylation is 2. The minimum atomic E-state index is -0.589. The van der Waals surface area contributed by atoms with Gasteiger partial charge in [0.1, 0.15) is 0 Å². The van der Waals surface area contributed by atoms with Crippen LogP contribution in [0.3, 0.4) is 0 Å². The van der Waals surface area contributed by atoms with E-state index in [0.717, 1.165) is 17.5 Å². The second-order valence-electron chi connectivity index (χ2n) is 7.14. The summed E-state index contributed by atoms with van der Waals surface area (Å²) < 4.78 is 8.29. The number of para-hydroxylation sites is 3. The Balaban J connectivity index is 1.59. The van der Waals surface area contributed by atoms with Crippen LogP contribution in [0.1, 0.15) is 37.0 Å². The molecule has 162 valence electrons. The van der Waals surface area contributed by atoms with Crippen LogP contribution in [0.25, 0.3) is 11.0 Å². The molecule has 0 unspecified atom stereocenters. The highest BCUT2D eigenvalue weighted by Gasteiger charge is 2.15. The first-order valence-corrected chi connectivity index (χ1v) is 10.2. The van der Waals surface area contributed by atoms with Crippen LogP contribution in [0.15, 0.2) is 53.3 Å². The number of imidazole rings is 1. The van der Waals surface area contributed by atoms with Gasteiger partial charge in [0.2, 0.25) is 0 Å². The number of esters is 1. The molecule has 0 radical (unpaired) electrons. The summed E-state index contributed by atoms with van der Waals surface area (Å²) in [4.78, 5) is 48.6. The molecule has 0 bridgehead atoms. The lowest BCUT2D eigenvalue weighted by atomic mass is 10.1. The largest absolute Gasteiger partial charge is 0.456 e. The smallest absolute Gasteiger partial charge is 0.329 e. The zero-order valence-electron chi connectivity index (χ0n) is 17.6. The summed E-state index contributed by atoms with van der Waals surface area (Å²) in [5.74, 6) is -1.31. The van der Waals surface area contributed by atoms with Crippen molar-refractivity contribution in [3.05, 3.63) is 64.6 Å². The van der Waals surface area contributed by atoms with Crippen molar-refractivity contribution in [2.45, 2.75) is 39.8 Å². The van der Waals surface area contributed by atoms with Gasteiger partial charge in [-0.05, 0) is 37.6 Å². The third kappa shape index (κ3) is 5.09. The lowest BCUT2D eigenvalue weighted by molar-refractivity contribution is -0.147. The Kier molecular flexibility index (Phi) is 7.02. The minimum absolute atomic E-state index is 0.0443. The number of amides is 1. The molecular weight excluding hydrogens is 398 g/mol. The summed E-state index contributed by atoms with van der Waals surface area (Å²) in [6, 6.07) is 14.0. The minimum Gasteiger partial charge on any atom is -0.456 e. The number of hydrogen-bond donors (Lipinski definition) is 1. The van der Waals surface area contributed by atoms with Crippen molar-refractivity contribution in [2.75, 3.05) is 11.9 Å². The number of rotatable bonds is 9. The molecule has 0 aliphatic carbocycles. The number of benzene rings is 2. The van der Waals surface area contributed by atoms with Gasteiger partial charge in [0.25, 0.3) is 5.91 Å². The Morgan fingerprint density at radius 1 is 0.935 bits per heavy atom. The number of anilines is 1. The van der Waals surface area contributed by atoms with Crippen LogP contribution in [-0.2, 0) is 27.4 Å². The van der Waals surface area contributed by atoms with E-state index in [2.05, 4.69) is 5.32 Å². The molecule has 3 aromatic rings. The number of carbonyl (C=O) groups is 3. The van der Waals surface area contributed by atoms with Crippen LogP contribution in [0.4, 0.5) is 5.69 Å². The molecule has 2 aromatic carbocycles. The van der Waals surface area contributed by atoms with Crippen molar-refractivity contribution in [3.63, 3.8) is 0 Å². The highest BCUT2D eigenvalue weighted by atomic mass is 16.5. The van der Waals surface area contributed by atoms with E-state index < -0.39 is 18.5 Å². The molecule has 1 amide bonds. The SMILES string of the molecule is CCCn1c(=O)n(CCC(=O)OCC(=O)Nc2ccccc2C(C)=O)c2ccccc21. The van der Waals surface area contributed by atoms with Gasteiger partial charge in [-0.25, -0.2) is 4.79 Å². The molecule has 1 aromatic heterocycles. The first-order valence-electron chi connectivity index (χ1n) is 10.2. The average molecular weight is 423 g/mol. The third-order valence-corrected chi connectivity index (χ3v) is 4.86. The predicted molar refractivity (Wildman–Crippen MR) is 117 cm³/mol. The first-order chi connectivity index (χ1) is 14.9. The van der Waals surface area contributed by atoms with Crippen LogP contribution in [0.5, 0.6) is 0 Å². The highest BCUT2D eigenvalue weighted by Crippen LogP contribution is 2.16. The lowest BCUT2D eigenvalue weighted by Crippen LogP contribution is -2.26. The van der Waals surface area contributed by atoms with E-state index in [1.165, 1.54) is 6.92 Å². The van der Waals surface area contributed by atoms with Crippen molar-refractivity contribution in [3.8, 4) is 0 Å². The number of fused-ring (bicyclic) bond motifs is 1. The normalized spacial score (nSPS) is 10.8. The Morgan fingerprint density at radius 2 is 1.55 bits per heavy atom. The molecule has 0 aliphatic rings. The molecule has 0 aliphatic heterocycles. The van der Waals surface area contributed by atoms with Crippen LogP contribution >= 0.6 is 0 Å². The predicted octanol–water partition coefficient (Wildman–Crippen LogP) is 2.99. The van der Waals surface area contributed by atoms with E-state index >= 15 is 0 Å². The standard InChI is InChI=1S/C23H25N3O5/c1-3-13-25-19-10-6-7-11-20(19)26(23(25)30)14-12-22(29)31-15-21(28)24-18-9-5-4-8-17(18)16(2)27/h4-11H,3,12-15H2,1-2H3,(H,24,28). The van der Waals surface area contributed by atoms with Crippen molar-refractivity contribution < 1.29 is 19.1 Å². The van der Waals surface area contributed by atoms with Gasteiger partial charge < -0.3 is 10.1 Å². The summed E-state index contributed by atoms with van der Waals surface area (Å²) in [5.41, 5.74) is 2.16. The van der Waals surface area contributed by atoms with E-state index in [0.29, 0.717) is 17.8 Å². The van der Waals surface area contributed by atoms with Crippen molar-refractivity contribution in [1.82, 2.24) is 9.13 Å². The Hall–Kier alpha value is -3.68. The summed E-state index contributed by atoms with van der Waals surface area (Å²) in [5, 5.41) is 2.58. The van der Waals surface area contributed by atoms with Crippen LogP contribution < -0.4 is 11.0 Å². The molecule has 0 spiro atoms. The molecule has 8 nitrogen and oxygen atoms in total. The fraction of sp³-hybridized carbons (Fsp3) is 0.304. The van der Waals surface area contributed by atoms with Gasteiger partial charge in [-0.15, -0.1) is 0 Å². The number of carbonyl (C=O) groups excluding carboxylic acids is 3. The summed E-state index contributed by atoms with van der Waals surface area (Å²) in [6.45, 7) is 3.68. The molecular formula is C23H25N3O5. The number of hydrogen-bond acceptors (Lipinski definition) is 5. The number of aromatic nitrogens is 2. The van der Waals surface area contributed by atoms with E-state index in [4.69, 9.17) is 4.74 Å². The van der Waals surface area contributed by atoms with Crippen LogP contribution in [-0.4, -0.2) is 33.4 Å². The quantitative estimate of drug-likeness (QED) is 0.421. The maximum Gasteiger partial charge on any atom is 0.329 e. The molecule has 0 fully saturated rings. The Labute approximate surface area is 179 Å². The Bertz CT molecular complexity index is 1180. The van der Waals surface area contributed by atoms with Gasteiger partial charge in [-0.3, -0.25) is 23.5 Å². The van der Waals surface area contributed by atoms with Gasteiger partial charge in [0.15, 0.2) is 12.4 Å². The molecule has 1 heterocycles.